The Morgan fingerprint density at radius 1 is 1.25 bits per heavy atom. The summed E-state index contributed by atoms with van der Waals surface area (Å²) in [6.07, 6.45) is 1.79. The molecule has 0 aliphatic rings. The predicted octanol–water partition coefficient (Wildman–Crippen LogP) is 1.84. The van der Waals surface area contributed by atoms with Crippen LogP contribution in [-0.2, 0) is 0 Å². The Bertz CT molecular complexity index is 179. The molecule has 98 valence electrons. The fourth-order valence-corrected chi connectivity index (χ4v) is 1.79. The Hall–Kier alpha value is -0.120. The third-order valence-corrected chi connectivity index (χ3v) is 2.93. The highest BCUT2D eigenvalue weighted by molar-refractivity contribution is 4.74. The molecule has 0 radical (unpaired) electrons. The lowest BCUT2D eigenvalue weighted by molar-refractivity contribution is 0.0524. The van der Waals surface area contributed by atoms with Gasteiger partial charge in [-0.1, -0.05) is 13.8 Å². The number of nitrogens with zero attached hydrogens (tertiary/aromatic N) is 1. The van der Waals surface area contributed by atoms with E-state index in [-0.39, 0.29) is 0 Å². The second-order valence-corrected chi connectivity index (χ2v) is 5.79. The summed E-state index contributed by atoms with van der Waals surface area (Å²) < 4.78 is 0. The van der Waals surface area contributed by atoms with Gasteiger partial charge in [0, 0.05) is 19.1 Å². The summed E-state index contributed by atoms with van der Waals surface area (Å²) in [5, 5.41) is 9.81. The van der Waals surface area contributed by atoms with Crippen LogP contribution in [0.15, 0.2) is 0 Å². The molecule has 0 amide bonds. The largest absolute Gasteiger partial charge is 0.389 e. The van der Waals surface area contributed by atoms with Crippen LogP contribution in [0, 0.1) is 5.92 Å². The molecule has 0 aromatic carbocycles. The standard InChI is InChI=1S/C13H30N2O/c1-11(2)9-15(12(3)4)8-6-7-13(5,16)10-14/h11-12,16H,6-10,14H2,1-5H3. The molecule has 0 rings (SSSR count). The van der Waals surface area contributed by atoms with Crippen molar-refractivity contribution in [3.8, 4) is 0 Å². The fraction of sp³-hybridized carbons (Fsp3) is 1.00. The lowest BCUT2D eigenvalue weighted by Crippen LogP contribution is -2.38. The van der Waals surface area contributed by atoms with Gasteiger partial charge in [-0.05, 0) is 46.1 Å². The third-order valence-electron chi connectivity index (χ3n) is 2.93. The van der Waals surface area contributed by atoms with Gasteiger partial charge < -0.3 is 15.7 Å². The van der Waals surface area contributed by atoms with Crippen molar-refractivity contribution in [2.45, 2.75) is 59.1 Å². The molecule has 3 heteroatoms. The van der Waals surface area contributed by atoms with Crippen LogP contribution in [0.25, 0.3) is 0 Å². The molecule has 16 heavy (non-hydrogen) atoms. The van der Waals surface area contributed by atoms with Crippen molar-refractivity contribution in [1.82, 2.24) is 4.90 Å². The molecule has 3 nitrogen and oxygen atoms in total. The van der Waals surface area contributed by atoms with Gasteiger partial charge in [0.15, 0.2) is 0 Å². The number of rotatable bonds is 8. The van der Waals surface area contributed by atoms with Gasteiger partial charge >= 0.3 is 0 Å². The van der Waals surface area contributed by atoms with Crippen molar-refractivity contribution in [2.75, 3.05) is 19.6 Å². The average Bonchev–Trinajstić information content (AvgIpc) is 2.15. The van der Waals surface area contributed by atoms with Crippen molar-refractivity contribution < 1.29 is 5.11 Å². The molecule has 3 N–H and O–H groups in total. The molecule has 0 heterocycles. The van der Waals surface area contributed by atoms with Gasteiger partial charge in [-0.3, -0.25) is 0 Å². The van der Waals surface area contributed by atoms with Crippen LogP contribution in [0.3, 0.4) is 0 Å². The predicted molar refractivity (Wildman–Crippen MR) is 70.5 cm³/mol. The van der Waals surface area contributed by atoms with Crippen molar-refractivity contribution in [3.05, 3.63) is 0 Å². The summed E-state index contributed by atoms with van der Waals surface area (Å²) >= 11 is 0. The van der Waals surface area contributed by atoms with Crippen LogP contribution in [0.4, 0.5) is 0 Å². The van der Waals surface area contributed by atoms with Gasteiger partial charge in [-0.2, -0.15) is 0 Å². The minimum atomic E-state index is -0.694. The van der Waals surface area contributed by atoms with Crippen molar-refractivity contribution in [1.29, 1.82) is 0 Å². The lowest BCUT2D eigenvalue weighted by Gasteiger charge is -2.29. The van der Waals surface area contributed by atoms with Crippen LogP contribution in [0.2, 0.25) is 0 Å². The van der Waals surface area contributed by atoms with E-state index in [9.17, 15) is 5.11 Å². The van der Waals surface area contributed by atoms with Crippen molar-refractivity contribution >= 4 is 0 Å². The first kappa shape index (κ1) is 15.9. The monoisotopic (exact) mass is 230 g/mol. The van der Waals surface area contributed by atoms with Crippen LogP contribution in [0.5, 0.6) is 0 Å². The number of aliphatic hydroxyl groups is 1. The van der Waals surface area contributed by atoms with Gasteiger partial charge in [0.25, 0.3) is 0 Å². The quantitative estimate of drug-likeness (QED) is 0.669. The van der Waals surface area contributed by atoms with Crippen LogP contribution in [0.1, 0.15) is 47.5 Å². The normalized spacial score (nSPS) is 16.1. The van der Waals surface area contributed by atoms with E-state index >= 15 is 0 Å². The Kier molecular flexibility index (Phi) is 7.20. The Balaban J connectivity index is 3.94. The second kappa shape index (κ2) is 7.25. The molecule has 0 aromatic heterocycles. The molecule has 0 spiro atoms. The molecule has 0 aliphatic heterocycles. The van der Waals surface area contributed by atoms with Gasteiger partial charge in [0.1, 0.15) is 0 Å². The Labute approximate surface area is 101 Å². The first-order valence-electron chi connectivity index (χ1n) is 6.45. The molecule has 0 saturated carbocycles. The maximum atomic E-state index is 9.81. The van der Waals surface area contributed by atoms with E-state index in [4.69, 9.17) is 5.73 Å². The summed E-state index contributed by atoms with van der Waals surface area (Å²) in [4.78, 5) is 2.47. The van der Waals surface area contributed by atoms with Crippen molar-refractivity contribution in [2.24, 2.45) is 11.7 Å². The fourth-order valence-electron chi connectivity index (χ4n) is 1.79. The summed E-state index contributed by atoms with van der Waals surface area (Å²) in [7, 11) is 0. The zero-order valence-electron chi connectivity index (χ0n) is 11.7. The third kappa shape index (κ3) is 7.20. The molecule has 0 bridgehead atoms. The molecular weight excluding hydrogens is 200 g/mol. The minimum absolute atomic E-state index is 0.346. The number of nitrogens with two attached hydrogens (primary N) is 1. The molecule has 1 unspecified atom stereocenters. The molecule has 0 aromatic rings. The summed E-state index contributed by atoms with van der Waals surface area (Å²) in [6, 6.07) is 0.574. The first-order chi connectivity index (χ1) is 7.28. The number of hydrogen-bond donors (Lipinski definition) is 2. The second-order valence-electron chi connectivity index (χ2n) is 5.79. The minimum Gasteiger partial charge on any atom is -0.389 e. The smallest absolute Gasteiger partial charge is 0.0741 e. The summed E-state index contributed by atoms with van der Waals surface area (Å²) in [5.41, 5.74) is 4.81. The maximum absolute atomic E-state index is 9.81. The van der Waals surface area contributed by atoms with E-state index in [1.807, 2.05) is 6.92 Å². The van der Waals surface area contributed by atoms with E-state index in [1.165, 1.54) is 0 Å². The zero-order valence-corrected chi connectivity index (χ0v) is 11.7. The van der Waals surface area contributed by atoms with Crippen LogP contribution >= 0.6 is 0 Å². The topological polar surface area (TPSA) is 49.5 Å². The summed E-state index contributed by atoms with van der Waals surface area (Å²) in [6.45, 7) is 13.3. The van der Waals surface area contributed by atoms with Crippen molar-refractivity contribution in [3.63, 3.8) is 0 Å². The van der Waals surface area contributed by atoms with E-state index in [0.717, 1.165) is 25.9 Å². The Morgan fingerprint density at radius 3 is 2.19 bits per heavy atom. The van der Waals surface area contributed by atoms with Gasteiger partial charge in [0.2, 0.25) is 0 Å². The van der Waals surface area contributed by atoms with Crippen LogP contribution in [-0.4, -0.2) is 41.3 Å². The zero-order chi connectivity index (χ0) is 12.8. The lowest BCUT2D eigenvalue weighted by atomic mass is 10.00. The molecule has 0 fully saturated rings. The first-order valence-corrected chi connectivity index (χ1v) is 6.45. The van der Waals surface area contributed by atoms with Gasteiger partial charge in [0.05, 0.1) is 5.60 Å². The van der Waals surface area contributed by atoms with Gasteiger partial charge in [-0.15, -0.1) is 0 Å². The summed E-state index contributed by atoms with van der Waals surface area (Å²) in [5.74, 6) is 0.692. The maximum Gasteiger partial charge on any atom is 0.0741 e. The van der Waals surface area contributed by atoms with E-state index in [2.05, 4.69) is 32.6 Å². The highest BCUT2D eigenvalue weighted by atomic mass is 16.3. The molecular formula is C13H30N2O. The SMILES string of the molecule is CC(C)CN(CCCC(C)(O)CN)C(C)C. The number of hydrogen-bond acceptors (Lipinski definition) is 3. The molecule has 0 saturated heterocycles. The highest BCUT2D eigenvalue weighted by Crippen LogP contribution is 2.12. The van der Waals surface area contributed by atoms with E-state index in [1.54, 1.807) is 0 Å². The van der Waals surface area contributed by atoms with Crippen LogP contribution < -0.4 is 5.73 Å². The highest BCUT2D eigenvalue weighted by Gasteiger charge is 2.18. The molecule has 0 aliphatic carbocycles. The average molecular weight is 230 g/mol. The van der Waals surface area contributed by atoms with E-state index < -0.39 is 5.60 Å². The van der Waals surface area contributed by atoms with E-state index in [0.29, 0.717) is 18.5 Å². The molecule has 1 atom stereocenters. The van der Waals surface area contributed by atoms with Gasteiger partial charge in [-0.25, -0.2) is 0 Å². The Morgan fingerprint density at radius 2 is 1.81 bits per heavy atom.